The summed E-state index contributed by atoms with van der Waals surface area (Å²) in [5.41, 5.74) is 0. The first kappa shape index (κ1) is 14.1. The molecule has 0 spiro atoms. The van der Waals surface area contributed by atoms with Crippen LogP contribution in [0.2, 0.25) is 0 Å². The summed E-state index contributed by atoms with van der Waals surface area (Å²) in [6.45, 7) is 0.503. The number of hydrogen-bond donors (Lipinski definition) is 1. The zero-order valence-electron chi connectivity index (χ0n) is 11.9. The van der Waals surface area contributed by atoms with Crippen LogP contribution >= 0.6 is 0 Å². The second-order valence-corrected chi connectivity index (χ2v) is 6.05. The average molecular weight is 293 g/mol. The molecule has 1 N–H and O–H groups in total. The maximum Gasteiger partial charge on any atom is 0.328 e. The Balaban J connectivity index is 1.83. The van der Waals surface area contributed by atoms with Gasteiger partial charge in [0.2, 0.25) is 5.91 Å². The molecule has 1 saturated carbocycles. The van der Waals surface area contributed by atoms with Crippen molar-refractivity contribution in [3.63, 3.8) is 0 Å². The molecule has 0 aromatic rings. The third kappa shape index (κ3) is 2.13. The molecule has 6 heteroatoms. The van der Waals surface area contributed by atoms with Crippen molar-refractivity contribution in [3.8, 4) is 0 Å². The van der Waals surface area contributed by atoms with Gasteiger partial charge in [0.25, 0.3) is 0 Å². The lowest BCUT2D eigenvalue weighted by Crippen LogP contribution is -2.47. The van der Waals surface area contributed by atoms with Crippen molar-refractivity contribution in [2.24, 2.45) is 23.7 Å². The molecule has 3 rings (SSSR count). The molecule has 0 radical (unpaired) electrons. The van der Waals surface area contributed by atoms with Crippen LogP contribution in [0.3, 0.4) is 0 Å². The number of hydrogen-bond acceptors (Lipinski definition) is 4. The van der Waals surface area contributed by atoms with Gasteiger partial charge < -0.3 is 14.7 Å². The Kier molecular flexibility index (Phi) is 3.47. The van der Waals surface area contributed by atoms with Gasteiger partial charge in [-0.15, -0.1) is 0 Å². The summed E-state index contributed by atoms with van der Waals surface area (Å²) >= 11 is 0. The number of aliphatic carboxylic acids is 1. The van der Waals surface area contributed by atoms with Gasteiger partial charge in [0, 0.05) is 6.54 Å². The molecule has 5 unspecified atom stereocenters. The highest BCUT2D eigenvalue weighted by atomic mass is 16.5. The second-order valence-electron chi connectivity index (χ2n) is 6.05. The molecule has 2 fully saturated rings. The third-order valence-electron chi connectivity index (χ3n) is 5.04. The van der Waals surface area contributed by atoms with Gasteiger partial charge in [-0.25, -0.2) is 4.79 Å². The molecule has 0 aromatic carbocycles. The van der Waals surface area contributed by atoms with Crippen molar-refractivity contribution < 1.29 is 24.2 Å². The highest BCUT2D eigenvalue weighted by Crippen LogP contribution is 2.49. The monoisotopic (exact) mass is 293 g/mol. The van der Waals surface area contributed by atoms with E-state index in [2.05, 4.69) is 0 Å². The van der Waals surface area contributed by atoms with E-state index in [1.54, 1.807) is 0 Å². The van der Waals surface area contributed by atoms with Crippen LogP contribution in [0, 0.1) is 23.7 Å². The number of amides is 1. The van der Waals surface area contributed by atoms with Crippen molar-refractivity contribution in [3.05, 3.63) is 12.2 Å². The molecule has 1 saturated heterocycles. The average Bonchev–Trinajstić information content (AvgIpc) is 3.18. The molecule has 5 atom stereocenters. The van der Waals surface area contributed by atoms with E-state index in [9.17, 15) is 19.5 Å². The van der Waals surface area contributed by atoms with Crippen molar-refractivity contribution in [2.45, 2.75) is 25.3 Å². The number of fused-ring (bicyclic) bond motifs is 2. The summed E-state index contributed by atoms with van der Waals surface area (Å²) in [6.07, 6.45) is 5.93. The number of methoxy groups -OCH3 is 1. The number of carbonyl (C=O) groups is 3. The van der Waals surface area contributed by atoms with Gasteiger partial charge in [0.1, 0.15) is 6.04 Å². The van der Waals surface area contributed by atoms with Gasteiger partial charge in [-0.1, -0.05) is 12.2 Å². The van der Waals surface area contributed by atoms with Gasteiger partial charge >= 0.3 is 11.9 Å². The number of nitrogens with zero attached hydrogens (tertiary/aromatic N) is 1. The Morgan fingerprint density at radius 3 is 2.48 bits per heavy atom. The zero-order chi connectivity index (χ0) is 15.1. The third-order valence-corrected chi connectivity index (χ3v) is 5.04. The molecular weight excluding hydrogens is 274 g/mol. The summed E-state index contributed by atoms with van der Waals surface area (Å²) in [6, 6.07) is -0.556. The minimum Gasteiger partial charge on any atom is -0.481 e. The van der Waals surface area contributed by atoms with Crippen LogP contribution in [0.4, 0.5) is 0 Å². The molecule has 2 aliphatic carbocycles. The Labute approximate surface area is 122 Å². The lowest BCUT2D eigenvalue weighted by atomic mass is 9.82. The molecule has 1 amide bonds. The van der Waals surface area contributed by atoms with Gasteiger partial charge in [0.05, 0.1) is 18.9 Å². The highest BCUT2D eigenvalue weighted by molar-refractivity contribution is 5.90. The Bertz CT molecular complexity index is 514. The number of ether oxygens (including phenoxy) is 1. The van der Waals surface area contributed by atoms with E-state index >= 15 is 0 Å². The standard InChI is InChI=1S/C15H19NO5/c1-21-15(20)10-3-2-6-16(10)13(17)11-8-4-5-9(7-8)12(11)14(18)19/h4-5,8-12H,2-3,6-7H2,1H3,(H,18,19). The van der Waals surface area contributed by atoms with E-state index < -0.39 is 29.8 Å². The van der Waals surface area contributed by atoms with E-state index in [-0.39, 0.29) is 17.7 Å². The van der Waals surface area contributed by atoms with Crippen molar-refractivity contribution >= 4 is 17.8 Å². The number of carboxylic acids is 1. The van der Waals surface area contributed by atoms with Gasteiger partial charge in [-0.3, -0.25) is 9.59 Å². The van der Waals surface area contributed by atoms with Gasteiger partial charge in [0.15, 0.2) is 0 Å². The van der Waals surface area contributed by atoms with Crippen LogP contribution in [-0.2, 0) is 19.1 Å². The minimum atomic E-state index is -0.918. The normalized spacial score (nSPS) is 37.0. The topological polar surface area (TPSA) is 83.9 Å². The van der Waals surface area contributed by atoms with Crippen molar-refractivity contribution in [2.75, 3.05) is 13.7 Å². The van der Waals surface area contributed by atoms with Crippen LogP contribution in [0.1, 0.15) is 19.3 Å². The van der Waals surface area contributed by atoms with Crippen LogP contribution in [0.25, 0.3) is 0 Å². The molecule has 3 aliphatic rings. The Morgan fingerprint density at radius 1 is 1.19 bits per heavy atom. The quantitative estimate of drug-likeness (QED) is 0.611. The molecule has 2 bridgehead atoms. The first-order valence-electron chi connectivity index (χ1n) is 7.34. The fraction of sp³-hybridized carbons (Fsp3) is 0.667. The lowest BCUT2D eigenvalue weighted by Gasteiger charge is -2.30. The van der Waals surface area contributed by atoms with E-state index in [1.165, 1.54) is 12.0 Å². The van der Waals surface area contributed by atoms with Crippen LogP contribution in [0.15, 0.2) is 12.2 Å². The maximum absolute atomic E-state index is 12.8. The summed E-state index contributed by atoms with van der Waals surface area (Å²) in [5, 5.41) is 9.42. The lowest BCUT2D eigenvalue weighted by molar-refractivity contribution is -0.156. The van der Waals surface area contributed by atoms with E-state index in [0.29, 0.717) is 13.0 Å². The van der Waals surface area contributed by atoms with Crippen LogP contribution in [-0.4, -0.2) is 47.5 Å². The van der Waals surface area contributed by atoms with Crippen LogP contribution < -0.4 is 0 Å². The smallest absolute Gasteiger partial charge is 0.328 e. The second kappa shape index (κ2) is 5.16. The number of allylic oxidation sites excluding steroid dienone is 2. The fourth-order valence-corrected chi connectivity index (χ4v) is 4.10. The van der Waals surface area contributed by atoms with E-state index in [1.807, 2.05) is 12.2 Å². The summed E-state index contributed by atoms with van der Waals surface area (Å²) in [7, 11) is 1.31. The number of carboxylic acid groups (broad SMARTS) is 1. The minimum absolute atomic E-state index is 0.0116. The largest absolute Gasteiger partial charge is 0.481 e. The summed E-state index contributed by atoms with van der Waals surface area (Å²) in [5.74, 6) is -2.80. The number of rotatable bonds is 3. The number of likely N-dealkylation sites (tertiary alicyclic amines) is 1. The molecule has 6 nitrogen and oxygen atoms in total. The molecule has 114 valence electrons. The van der Waals surface area contributed by atoms with Gasteiger partial charge in [-0.05, 0) is 31.1 Å². The van der Waals surface area contributed by atoms with E-state index in [0.717, 1.165) is 12.8 Å². The predicted molar refractivity (Wildman–Crippen MR) is 72.1 cm³/mol. The maximum atomic E-state index is 12.8. The number of carbonyl (C=O) groups excluding carboxylic acids is 2. The molecule has 21 heavy (non-hydrogen) atoms. The first-order chi connectivity index (χ1) is 10.0. The highest BCUT2D eigenvalue weighted by Gasteiger charge is 2.54. The Hall–Kier alpha value is -1.85. The zero-order valence-corrected chi connectivity index (χ0v) is 11.9. The molecule has 1 heterocycles. The first-order valence-corrected chi connectivity index (χ1v) is 7.34. The number of esters is 1. The van der Waals surface area contributed by atoms with Crippen molar-refractivity contribution in [1.29, 1.82) is 0 Å². The SMILES string of the molecule is COC(=O)C1CCCN1C(=O)C1C2C=CC(C2)C1C(=O)O. The fourth-order valence-electron chi connectivity index (χ4n) is 4.10. The summed E-state index contributed by atoms with van der Waals surface area (Å²) in [4.78, 5) is 37.6. The predicted octanol–water partition coefficient (Wildman–Crippen LogP) is 0.673. The van der Waals surface area contributed by atoms with Crippen LogP contribution in [0.5, 0.6) is 0 Å². The molecule has 1 aliphatic heterocycles. The Morgan fingerprint density at radius 2 is 1.86 bits per heavy atom. The van der Waals surface area contributed by atoms with Crippen molar-refractivity contribution in [1.82, 2.24) is 4.90 Å². The summed E-state index contributed by atoms with van der Waals surface area (Å²) < 4.78 is 4.75. The molecular formula is C15H19NO5. The molecule has 0 aromatic heterocycles. The van der Waals surface area contributed by atoms with Gasteiger partial charge in [-0.2, -0.15) is 0 Å². The van der Waals surface area contributed by atoms with E-state index in [4.69, 9.17) is 4.74 Å².